The number of ether oxygens (including phenoxy) is 1. The minimum absolute atomic E-state index is 0.0251. The number of benzene rings is 1. The van der Waals surface area contributed by atoms with Crippen molar-refractivity contribution >= 4 is 5.84 Å². The van der Waals surface area contributed by atoms with Gasteiger partial charge in [-0.15, -0.1) is 0 Å². The van der Waals surface area contributed by atoms with Gasteiger partial charge in [-0.05, 0) is 49.5 Å². The van der Waals surface area contributed by atoms with Crippen molar-refractivity contribution in [3.63, 3.8) is 0 Å². The van der Waals surface area contributed by atoms with Gasteiger partial charge < -0.3 is 15.6 Å². The lowest BCUT2D eigenvalue weighted by atomic mass is 9.97. The molecule has 0 bridgehead atoms. The molecule has 1 aromatic rings. The molecule has 1 saturated heterocycles. The van der Waals surface area contributed by atoms with Crippen molar-refractivity contribution in [2.24, 2.45) is 11.7 Å². The molecule has 1 heterocycles. The minimum atomic E-state index is 0.0251. The van der Waals surface area contributed by atoms with Gasteiger partial charge in [0.25, 0.3) is 0 Å². The van der Waals surface area contributed by atoms with Crippen LogP contribution in [0.2, 0.25) is 0 Å². The number of nitrogens with one attached hydrogen (secondary N) is 1. The Morgan fingerprint density at radius 3 is 2.70 bits per heavy atom. The normalized spacial score (nSPS) is 17.1. The average molecular weight is 277 g/mol. The number of rotatable bonds is 5. The van der Waals surface area contributed by atoms with Crippen molar-refractivity contribution in [2.75, 3.05) is 26.8 Å². The zero-order valence-corrected chi connectivity index (χ0v) is 11.9. The van der Waals surface area contributed by atoms with Crippen LogP contribution < -0.4 is 10.5 Å². The maximum absolute atomic E-state index is 9.15. The largest absolute Gasteiger partial charge is 0.496 e. The Hall–Kier alpha value is -1.59. The Balaban J connectivity index is 2.01. The molecule has 1 aliphatic heterocycles. The zero-order chi connectivity index (χ0) is 14.5. The van der Waals surface area contributed by atoms with Gasteiger partial charge in [0, 0.05) is 13.2 Å². The van der Waals surface area contributed by atoms with E-state index in [-0.39, 0.29) is 5.84 Å². The lowest BCUT2D eigenvalue weighted by molar-refractivity contribution is 0.127. The van der Waals surface area contributed by atoms with Crippen molar-refractivity contribution in [2.45, 2.75) is 19.4 Å². The van der Waals surface area contributed by atoms with Crippen molar-refractivity contribution in [3.8, 4) is 5.75 Å². The molecule has 0 spiro atoms. The Labute approximate surface area is 119 Å². The monoisotopic (exact) mass is 277 g/mol. The Morgan fingerprint density at radius 2 is 2.15 bits per heavy atom. The second kappa shape index (κ2) is 6.72. The van der Waals surface area contributed by atoms with Gasteiger partial charge in [-0.2, -0.15) is 0 Å². The number of aliphatic hydroxyl groups excluding tert-OH is 1. The van der Waals surface area contributed by atoms with Crippen LogP contribution in [0.5, 0.6) is 5.75 Å². The zero-order valence-electron chi connectivity index (χ0n) is 11.9. The van der Waals surface area contributed by atoms with Crippen LogP contribution in [0.1, 0.15) is 24.0 Å². The van der Waals surface area contributed by atoms with Crippen LogP contribution in [0.25, 0.3) is 0 Å². The number of hydrogen-bond acceptors (Lipinski definition) is 4. The van der Waals surface area contributed by atoms with E-state index in [1.807, 2.05) is 18.2 Å². The lowest BCUT2D eigenvalue weighted by Gasteiger charge is -2.31. The van der Waals surface area contributed by atoms with Crippen LogP contribution in [0, 0.1) is 11.3 Å². The molecule has 5 heteroatoms. The van der Waals surface area contributed by atoms with Gasteiger partial charge in [0.1, 0.15) is 11.6 Å². The summed E-state index contributed by atoms with van der Waals surface area (Å²) >= 11 is 0. The molecule has 0 aromatic heterocycles. The van der Waals surface area contributed by atoms with E-state index in [1.54, 1.807) is 7.11 Å². The van der Waals surface area contributed by atoms with Crippen LogP contribution in [-0.4, -0.2) is 42.6 Å². The quantitative estimate of drug-likeness (QED) is 0.557. The standard InChI is InChI=1S/C15H23N3O2/c1-20-14-8-12(2-3-13(14)15(16)17)9-18-6-4-11(10-19)5-7-18/h2-3,8,11,19H,4-7,9-10H2,1H3,(H3,16,17). The van der Waals surface area contributed by atoms with Crippen LogP contribution in [-0.2, 0) is 6.54 Å². The average Bonchev–Trinajstić information content (AvgIpc) is 2.47. The van der Waals surface area contributed by atoms with Crippen molar-refractivity contribution in [1.82, 2.24) is 4.90 Å². The lowest BCUT2D eigenvalue weighted by Crippen LogP contribution is -2.34. The van der Waals surface area contributed by atoms with E-state index in [0.717, 1.165) is 38.0 Å². The summed E-state index contributed by atoms with van der Waals surface area (Å²) < 4.78 is 5.30. The molecule has 5 nitrogen and oxygen atoms in total. The van der Waals surface area contributed by atoms with E-state index in [9.17, 15) is 0 Å². The third-order valence-corrected chi connectivity index (χ3v) is 3.93. The molecule has 0 radical (unpaired) electrons. The molecule has 110 valence electrons. The predicted octanol–water partition coefficient (Wildman–Crippen LogP) is 1.18. The molecule has 0 unspecified atom stereocenters. The Morgan fingerprint density at radius 1 is 1.45 bits per heavy atom. The van der Waals surface area contributed by atoms with Gasteiger partial charge >= 0.3 is 0 Å². The van der Waals surface area contributed by atoms with Crippen LogP contribution in [0.15, 0.2) is 18.2 Å². The number of hydrogen-bond donors (Lipinski definition) is 3. The first-order valence-corrected chi connectivity index (χ1v) is 6.98. The number of aliphatic hydroxyl groups is 1. The smallest absolute Gasteiger partial charge is 0.130 e. The Kier molecular flexibility index (Phi) is 4.98. The first kappa shape index (κ1) is 14.8. The summed E-state index contributed by atoms with van der Waals surface area (Å²) in [4.78, 5) is 2.38. The van der Waals surface area contributed by atoms with E-state index in [2.05, 4.69) is 4.90 Å². The molecule has 0 saturated carbocycles. The Bertz CT molecular complexity index is 468. The van der Waals surface area contributed by atoms with E-state index in [0.29, 0.717) is 23.8 Å². The van der Waals surface area contributed by atoms with Crippen molar-refractivity contribution in [1.29, 1.82) is 5.41 Å². The van der Waals surface area contributed by atoms with Gasteiger partial charge in [-0.25, -0.2) is 0 Å². The van der Waals surface area contributed by atoms with E-state index in [1.165, 1.54) is 0 Å². The van der Waals surface area contributed by atoms with E-state index < -0.39 is 0 Å². The highest BCUT2D eigenvalue weighted by molar-refractivity contribution is 5.97. The third kappa shape index (κ3) is 3.49. The SMILES string of the molecule is COc1cc(CN2CCC(CO)CC2)ccc1C(=N)N. The summed E-state index contributed by atoms with van der Waals surface area (Å²) in [6.07, 6.45) is 2.11. The number of nitrogens with two attached hydrogens (primary N) is 1. The molecular weight excluding hydrogens is 254 g/mol. The molecule has 2 rings (SSSR count). The summed E-state index contributed by atoms with van der Waals surface area (Å²) in [5.74, 6) is 1.14. The maximum atomic E-state index is 9.15. The van der Waals surface area contributed by atoms with E-state index in [4.69, 9.17) is 21.0 Å². The van der Waals surface area contributed by atoms with Crippen LogP contribution >= 0.6 is 0 Å². The number of methoxy groups -OCH3 is 1. The van der Waals surface area contributed by atoms with Crippen LogP contribution in [0.3, 0.4) is 0 Å². The third-order valence-electron chi connectivity index (χ3n) is 3.93. The summed E-state index contributed by atoms with van der Waals surface area (Å²) in [6, 6.07) is 5.79. The van der Waals surface area contributed by atoms with Gasteiger partial charge in [-0.3, -0.25) is 10.3 Å². The summed E-state index contributed by atoms with van der Waals surface area (Å²) in [5.41, 5.74) is 7.32. The van der Waals surface area contributed by atoms with Crippen molar-refractivity contribution < 1.29 is 9.84 Å². The molecule has 4 N–H and O–H groups in total. The first-order valence-electron chi connectivity index (χ1n) is 6.98. The number of piperidine rings is 1. The highest BCUT2D eigenvalue weighted by atomic mass is 16.5. The van der Waals surface area contributed by atoms with Gasteiger partial charge in [-0.1, -0.05) is 6.07 Å². The molecule has 1 aromatic carbocycles. The van der Waals surface area contributed by atoms with Gasteiger partial charge in [0.15, 0.2) is 0 Å². The fraction of sp³-hybridized carbons (Fsp3) is 0.533. The summed E-state index contributed by atoms with van der Waals surface area (Å²) in [6.45, 7) is 3.20. The molecule has 0 amide bonds. The highest BCUT2D eigenvalue weighted by Crippen LogP contribution is 2.23. The number of nitrogen functional groups attached to an aromatic ring is 1. The number of likely N-dealkylation sites (tertiary alicyclic amines) is 1. The molecule has 20 heavy (non-hydrogen) atoms. The predicted molar refractivity (Wildman–Crippen MR) is 79.1 cm³/mol. The fourth-order valence-corrected chi connectivity index (χ4v) is 2.64. The first-order chi connectivity index (χ1) is 9.63. The molecule has 0 aliphatic carbocycles. The second-order valence-corrected chi connectivity index (χ2v) is 5.35. The van der Waals surface area contributed by atoms with E-state index >= 15 is 0 Å². The number of amidine groups is 1. The minimum Gasteiger partial charge on any atom is -0.496 e. The molecule has 1 fully saturated rings. The van der Waals surface area contributed by atoms with Gasteiger partial charge in [0.2, 0.25) is 0 Å². The highest BCUT2D eigenvalue weighted by Gasteiger charge is 2.18. The van der Waals surface area contributed by atoms with Gasteiger partial charge in [0.05, 0.1) is 12.7 Å². The van der Waals surface area contributed by atoms with Crippen molar-refractivity contribution in [3.05, 3.63) is 29.3 Å². The number of nitrogens with zero attached hydrogens (tertiary/aromatic N) is 1. The molecule has 0 atom stereocenters. The molecule has 1 aliphatic rings. The second-order valence-electron chi connectivity index (χ2n) is 5.35. The summed E-state index contributed by atoms with van der Waals surface area (Å²) in [5, 5.41) is 16.7. The maximum Gasteiger partial charge on any atom is 0.130 e. The summed E-state index contributed by atoms with van der Waals surface area (Å²) in [7, 11) is 1.60. The topological polar surface area (TPSA) is 82.6 Å². The molecular formula is C15H23N3O2. The fourth-order valence-electron chi connectivity index (χ4n) is 2.64. The van der Waals surface area contributed by atoms with Crippen LogP contribution in [0.4, 0.5) is 0 Å².